The van der Waals surface area contributed by atoms with E-state index in [2.05, 4.69) is 5.32 Å². The number of aliphatic carboxylic acids is 1. The molecule has 2 aromatic rings. The standard InChI is InChI=1S/C18H19ClN2O4S/c1-25-13-5-2-11(3-6-13)17(8-9-21-18(17,24)16(22)23)26-15-10-12(19)4-7-14(15)20/h2-7,10,21,24H,8-9,20H2,1H3,(H,22,23). The second kappa shape index (κ2) is 7.00. The smallest absolute Gasteiger partial charge is 0.353 e. The Labute approximate surface area is 160 Å². The largest absolute Gasteiger partial charge is 0.497 e. The van der Waals surface area contributed by atoms with E-state index in [-0.39, 0.29) is 0 Å². The van der Waals surface area contributed by atoms with Crippen molar-refractivity contribution >= 4 is 35.0 Å². The zero-order valence-electron chi connectivity index (χ0n) is 14.0. The van der Waals surface area contributed by atoms with Gasteiger partial charge >= 0.3 is 5.97 Å². The fraction of sp³-hybridized carbons (Fsp3) is 0.278. The Hall–Kier alpha value is -1.93. The molecule has 1 aliphatic rings. The van der Waals surface area contributed by atoms with Crippen molar-refractivity contribution in [3.63, 3.8) is 0 Å². The van der Waals surface area contributed by atoms with Crippen molar-refractivity contribution in [3.8, 4) is 5.75 Å². The fourth-order valence-corrected chi connectivity index (χ4v) is 4.92. The third-order valence-corrected chi connectivity index (χ3v) is 6.46. The number of carboxylic acids is 1. The second-order valence-corrected chi connectivity index (χ2v) is 7.81. The molecule has 2 atom stereocenters. The van der Waals surface area contributed by atoms with E-state index in [1.807, 2.05) is 0 Å². The van der Waals surface area contributed by atoms with Gasteiger partial charge in [-0.2, -0.15) is 0 Å². The van der Waals surface area contributed by atoms with E-state index in [0.29, 0.717) is 39.9 Å². The van der Waals surface area contributed by atoms with Gasteiger partial charge in [-0.15, -0.1) is 11.8 Å². The summed E-state index contributed by atoms with van der Waals surface area (Å²) in [7, 11) is 1.55. The molecule has 26 heavy (non-hydrogen) atoms. The van der Waals surface area contributed by atoms with Crippen molar-refractivity contribution in [2.75, 3.05) is 19.4 Å². The minimum Gasteiger partial charge on any atom is -0.497 e. The van der Waals surface area contributed by atoms with Crippen molar-refractivity contribution in [2.45, 2.75) is 21.8 Å². The van der Waals surface area contributed by atoms with Crippen LogP contribution in [-0.4, -0.2) is 35.6 Å². The lowest BCUT2D eigenvalue weighted by atomic mass is 9.87. The molecule has 2 aromatic carbocycles. The maximum atomic E-state index is 12.0. The van der Waals surface area contributed by atoms with Gasteiger partial charge in [0.25, 0.3) is 0 Å². The van der Waals surface area contributed by atoms with Gasteiger partial charge in [-0.1, -0.05) is 23.7 Å². The minimum atomic E-state index is -2.17. The van der Waals surface area contributed by atoms with Crippen LogP contribution in [0.15, 0.2) is 47.4 Å². The number of rotatable bonds is 5. The number of hydrogen-bond donors (Lipinski definition) is 4. The molecule has 2 unspecified atom stereocenters. The van der Waals surface area contributed by atoms with Crippen LogP contribution in [-0.2, 0) is 9.54 Å². The van der Waals surface area contributed by atoms with Gasteiger partial charge in [0.05, 0.1) is 7.11 Å². The van der Waals surface area contributed by atoms with Crippen molar-refractivity contribution in [1.29, 1.82) is 0 Å². The highest BCUT2D eigenvalue weighted by Gasteiger charge is 2.61. The summed E-state index contributed by atoms with van der Waals surface area (Å²) in [6.45, 7) is 0.336. The van der Waals surface area contributed by atoms with Crippen molar-refractivity contribution < 1.29 is 19.7 Å². The number of methoxy groups -OCH3 is 1. The minimum absolute atomic E-state index is 0.336. The van der Waals surface area contributed by atoms with E-state index in [4.69, 9.17) is 22.1 Å². The molecule has 6 nitrogen and oxygen atoms in total. The first-order valence-corrected chi connectivity index (χ1v) is 9.11. The van der Waals surface area contributed by atoms with E-state index in [0.717, 1.165) is 0 Å². The van der Waals surface area contributed by atoms with Crippen molar-refractivity contribution in [2.24, 2.45) is 0 Å². The van der Waals surface area contributed by atoms with Crippen LogP contribution in [0.4, 0.5) is 5.69 Å². The first-order valence-electron chi connectivity index (χ1n) is 7.92. The first kappa shape index (κ1) is 18.8. The Balaban J connectivity index is 2.15. The number of anilines is 1. The number of carboxylic acid groups (broad SMARTS) is 1. The van der Waals surface area contributed by atoms with Gasteiger partial charge in [-0.25, -0.2) is 4.79 Å². The number of thioether (sulfide) groups is 1. The van der Waals surface area contributed by atoms with Gasteiger partial charge in [-0.05, 0) is 42.3 Å². The number of nitrogen functional groups attached to an aromatic ring is 1. The van der Waals surface area contributed by atoms with Crippen LogP contribution >= 0.6 is 23.4 Å². The first-order chi connectivity index (χ1) is 12.3. The highest BCUT2D eigenvalue weighted by atomic mass is 35.5. The Morgan fingerprint density at radius 2 is 2.00 bits per heavy atom. The van der Waals surface area contributed by atoms with E-state index in [9.17, 15) is 15.0 Å². The zero-order valence-corrected chi connectivity index (χ0v) is 15.6. The number of halogens is 1. The molecule has 0 radical (unpaired) electrons. The highest BCUT2D eigenvalue weighted by molar-refractivity contribution is 8.00. The molecular weight excluding hydrogens is 376 g/mol. The number of carbonyl (C=O) groups is 1. The number of nitrogens with two attached hydrogens (primary N) is 1. The maximum Gasteiger partial charge on any atom is 0.353 e. The number of benzene rings is 2. The monoisotopic (exact) mass is 394 g/mol. The summed E-state index contributed by atoms with van der Waals surface area (Å²) < 4.78 is 3.99. The molecule has 1 saturated heterocycles. The molecule has 8 heteroatoms. The molecule has 1 heterocycles. The van der Waals surface area contributed by atoms with Crippen LogP contribution in [0.3, 0.4) is 0 Å². The number of hydrogen-bond acceptors (Lipinski definition) is 6. The van der Waals surface area contributed by atoms with E-state index in [1.54, 1.807) is 49.6 Å². The van der Waals surface area contributed by atoms with E-state index < -0.39 is 16.4 Å². The Morgan fingerprint density at radius 1 is 1.31 bits per heavy atom. The number of aliphatic hydroxyl groups is 1. The van der Waals surface area contributed by atoms with Gasteiger partial charge in [-0.3, -0.25) is 5.32 Å². The summed E-state index contributed by atoms with van der Waals surface area (Å²) in [5.74, 6) is -0.708. The molecule has 0 aromatic heterocycles. The summed E-state index contributed by atoms with van der Waals surface area (Å²) >= 11 is 7.28. The van der Waals surface area contributed by atoms with Gasteiger partial charge in [0, 0.05) is 22.2 Å². The third kappa shape index (κ3) is 3.01. The molecular formula is C18H19ClN2O4S. The zero-order chi connectivity index (χ0) is 18.9. The van der Waals surface area contributed by atoms with Gasteiger partial charge in [0.15, 0.2) is 0 Å². The molecule has 1 fully saturated rings. The summed E-state index contributed by atoms with van der Waals surface area (Å²) in [6.07, 6.45) is 0.388. The summed E-state index contributed by atoms with van der Waals surface area (Å²) in [5.41, 5.74) is 5.02. The van der Waals surface area contributed by atoms with Crippen molar-refractivity contribution in [1.82, 2.24) is 5.32 Å². The molecule has 0 aliphatic carbocycles. The lowest BCUT2D eigenvalue weighted by molar-refractivity contribution is -0.163. The normalized spacial score (nSPS) is 25.2. The summed E-state index contributed by atoms with van der Waals surface area (Å²) in [4.78, 5) is 12.6. The molecule has 0 amide bonds. The molecule has 0 spiro atoms. The quantitative estimate of drug-likeness (QED) is 0.578. The van der Waals surface area contributed by atoms with Crippen LogP contribution in [0.5, 0.6) is 5.75 Å². The van der Waals surface area contributed by atoms with Crippen LogP contribution < -0.4 is 15.8 Å². The topological polar surface area (TPSA) is 105 Å². The van der Waals surface area contributed by atoms with E-state index in [1.165, 1.54) is 11.8 Å². The second-order valence-electron chi connectivity index (χ2n) is 6.03. The average molecular weight is 395 g/mol. The average Bonchev–Trinajstić information content (AvgIpc) is 2.97. The summed E-state index contributed by atoms with van der Waals surface area (Å²) in [6, 6.07) is 12.0. The maximum absolute atomic E-state index is 12.0. The van der Waals surface area contributed by atoms with Crippen LogP contribution in [0.2, 0.25) is 5.02 Å². The van der Waals surface area contributed by atoms with Crippen LogP contribution in [0, 0.1) is 0 Å². The molecule has 1 aliphatic heterocycles. The molecule has 0 bridgehead atoms. The third-order valence-electron chi connectivity index (χ3n) is 4.57. The van der Waals surface area contributed by atoms with Gasteiger partial charge in [0.2, 0.25) is 5.72 Å². The lowest BCUT2D eigenvalue weighted by Gasteiger charge is -2.39. The summed E-state index contributed by atoms with van der Waals surface area (Å²) in [5, 5.41) is 24.0. The molecule has 0 saturated carbocycles. The Bertz CT molecular complexity index is 832. The lowest BCUT2D eigenvalue weighted by Crippen LogP contribution is -2.58. The van der Waals surface area contributed by atoms with Crippen LogP contribution in [0.25, 0.3) is 0 Å². The SMILES string of the molecule is COc1ccc(C2(Sc3cc(Cl)ccc3N)CCNC2(O)C(=O)O)cc1. The van der Waals surface area contributed by atoms with Crippen molar-refractivity contribution in [3.05, 3.63) is 53.1 Å². The Morgan fingerprint density at radius 3 is 2.62 bits per heavy atom. The number of nitrogens with one attached hydrogen (secondary N) is 1. The molecule has 5 N–H and O–H groups in total. The predicted molar refractivity (Wildman–Crippen MR) is 102 cm³/mol. The fourth-order valence-electron chi connectivity index (χ4n) is 3.17. The Kier molecular flexibility index (Phi) is 5.07. The van der Waals surface area contributed by atoms with Gasteiger partial charge in [0.1, 0.15) is 10.5 Å². The predicted octanol–water partition coefficient (Wildman–Crippen LogP) is 2.68. The highest BCUT2D eigenvalue weighted by Crippen LogP contribution is 2.54. The van der Waals surface area contributed by atoms with E-state index >= 15 is 0 Å². The molecule has 3 rings (SSSR count). The van der Waals surface area contributed by atoms with Crippen LogP contribution in [0.1, 0.15) is 12.0 Å². The molecule has 138 valence electrons. The number of ether oxygens (including phenoxy) is 1. The van der Waals surface area contributed by atoms with Gasteiger partial charge < -0.3 is 20.7 Å².